The van der Waals surface area contributed by atoms with E-state index in [-0.39, 0.29) is 17.2 Å². The van der Waals surface area contributed by atoms with Crippen molar-refractivity contribution in [1.82, 2.24) is 0 Å². The fraction of sp³-hybridized carbons (Fsp3) is 0.0714. The lowest BCUT2D eigenvalue weighted by atomic mass is 10.2. The molecule has 0 spiro atoms. The van der Waals surface area contributed by atoms with E-state index in [1.165, 1.54) is 12.1 Å². The van der Waals surface area contributed by atoms with E-state index >= 15 is 0 Å². The van der Waals surface area contributed by atoms with Crippen molar-refractivity contribution in [2.45, 2.75) is 6.61 Å². The molecule has 0 saturated heterocycles. The van der Waals surface area contributed by atoms with Crippen LogP contribution >= 0.6 is 28.1 Å². The van der Waals surface area contributed by atoms with Crippen molar-refractivity contribution in [2.24, 2.45) is 5.73 Å². The summed E-state index contributed by atoms with van der Waals surface area (Å²) in [6.45, 7) is -0.0383. The summed E-state index contributed by atoms with van der Waals surface area (Å²) in [6.07, 6.45) is 0. The topological polar surface area (TPSA) is 35.2 Å². The van der Waals surface area contributed by atoms with Gasteiger partial charge in [-0.3, -0.25) is 0 Å². The highest BCUT2D eigenvalue weighted by Gasteiger charge is 2.09. The molecule has 0 atom stereocenters. The molecule has 0 fully saturated rings. The van der Waals surface area contributed by atoms with Gasteiger partial charge in [0, 0.05) is 16.1 Å². The van der Waals surface area contributed by atoms with Crippen LogP contribution in [0.1, 0.15) is 11.1 Å². The molecule has 0 saturated carbocycles. The number of nitrogens with two attached hydrogens (primary N) is 1. The minimum Gasteiger partial charge on any atom is -0.488 e. The maximum atomic E-state index is 13.5. The Morgan fingerprint density at radius 2 is 1.95 bits per heavy atom. The summed E-state index contributed by atoms with van der Waals surface area (Å²) < 4.78 is 32.6. The van der Waals surface area contributed by atoms with E-state index < -0.39 is 11.6 Å². The second kappa shape index (κ2) is 6.28. The Morgan fingerprint density at radius 1 is 1.20 bits per heavy atom. The third kappa shape index (κ3) is 3.52. The average molecular weight is 358 g/mol. The number of hydrogen-bond donors (Lipinski definition) is 1. The van der Waals surface area contributed by atoms with E-state index in [1.54, 1.807) is 18.2 Å². The van der Waals surface area contributed by atoms with E-state index in [9.17, 15) is 8.78 Å². The van der Waals surface area contributed by atoms with Crippen molar-refractivity contribution in [3.05, 3.63) is 63.6 Å². The van der Waals surface area contributed by atoms with E-state index in [0.29, 0.717) is 11.3 Å². The minimum absolute atomic E-state index is 0.0383. The lowest BCUT2D eigenvalue weighted by molar-refractivity contribution is 0.299. The van der Waals surface area contributed by atoms with Crippen LogP contribution in [0, 0.1) is 11.6 Å². The van der Waals surface area contributed by atoms with Gasteiger partial charge in [-0.2, -0.15) is 0 Å². The van der Waals surface area contributed by atoms with Crippen LogP contribution in [0.15, 0.2) is 40.9 Å². The van der Waals surface area contributed by atoms with Crippen LogP contribution in [0.3, 0.4) is 0 Å². The van der Waals surface area contributed by atoms with Crippen molar-refractivity contribution in [3.63, 3.8) is 0 Å². The van der Waals surface area contributed by atoms with Gasteiger partial charge in [-0.05, 0) is 30.3 Å². The van der Waals surface area contributed by atoms with Crippen molar-refractivity contribution in [1.29, 1.82) is 0 Å². The lowest BCUT2D eigenvalue weighted by Gasteiger charge is -2.11. The summed E-state index contributed by atoms with van der Waals surface area (Å²) >= 11 is 8.24. The molecule has 2 aromatic carbocycles. The predicted octanol–water partition coefficient (Wildman–Crippen LogP) is 3.94. The average Bonchev–Trinajstić information content (AvgIpc) is 2.38. The Labute approximate surface area is 128 Å². The standard InChI is InChI=1S/C14H10BrF2NOS/c15-9-2-4-13(11(5-9)14(18)20)19-7-8-1-3-10(16)6-12(8)17/h1-6H,7H2,(H2,18,20). The SMILES string of the molecule is NC(=S)c1cc(Br)ccc1OCc1ccc(F)cc1F. The smallest absolute Gasteiger partial charge is 0.132 e. The van der Waals surface area contributed by atoms with Gasteiger partial charge in [0.15, 0.2) is 0 Å². The van der Waals surface area contributed by atoms with Crippen LogP contribution in [0.4, 0.5) is 8.78 Å². The first-order valence-electron chi connectivity index (χ1n) is 5.63. The van der Waals surface area contributed by atoms with Gasteiger partial charge < -0.3 is 10.5 Å². The second-order valence-electron chi connectivity index (χ2n) is 4.03. The van der Waals surface area contributed by atoms with Crippen LogP contribution in [0.5, 0.6) is 5.75 Å². The molecule has 20 heavy (non-hydrogen) atoms. The number of rotatable bonds is 4. The van der Waals surface area contributed by atoms with E-state index in [2.05, 4.69) is 15.9 Å². The Balaban J connectivity index is 2.20. The second-order valence-corrected chi connectivity index (χ2v) is 5.38. The molecule has 6 heteroatoms. The summed E-state index contributed by atoms with van der Waals surface area (Å²) in [6, 6.07) is 8.49. The number of ether oxygens (including phenoxy) is 1. The quantitative estimate of drug-likeness (QED) is 0.841. The Hall–Kier alpha value is -1.53. The van der Waals surface area contributed by atoms with Crippen molar-refractivity contribution in [2.75, 3.05) is 0 Å². The van der Waals surface area contributed by atoms with Crippen LogP contribution in [0.2, 0.25) is 0 Å². The van der Waals surface area contributed by atoms with Gasteiger partial charge in [0.1, 0.15) is 29.0 Å². The fourth-order valence-corrected chi connectivity index (χ4v) is 2.14. The van der Waals surface area contributed by atoms with E-state index in [1.807, 2.05) is 0 Å². The van der Waals surface area contributed by atoms with Crippen molar-refractivity contribution in [3.8, 4) is 5.75 Å². The van der Waals surface area contributed by atoms with E-state index in [0.717, 1.165) is 10.5 Å². The van der Waals surface area contributed by atoms with Crippen LogP contribution < -0.4 is 10.5 Å². The zero-order valence-corrected chi connectivity index (χ0v) is 12.6. The van der Waals surface area contributed by atoms with Crippen LogP contribution in [-0.2, 0) is 6.61 Å². The van der Waals surface area contributed by atoms with Gasteiger partial charge in [0.05, 0.1) is 5.56 Å². The van der Waals surface area contributed by atoms with Crippen LogP contribution in [-0.4, -0.2) is 4.99 Å². The summed E-state index contributed by atoms with van der Waals surface area (Å²) in [5.41, 5.74) is 6.41. The largest absolute Gasteiger partial charge is 0.488 e. The van der Waals surface area contributed by atoms with Gasteiger partial charge in [-0.15, -0.1) is 0 Å². The molecule has 2 nitrogen and oxygen atoms in total. The first-order valence-corrected chi connectivity index (χ1v) is 6.83. The molecule has 0 unspecified atom stereocenters. The molecular weight excluding hydrogens is 348 g/mol. The first-order chi connectivity index (χ1) is 9.47. The summed E-state index contributed by atoms with van der Waals surface area (Å²) in [4.78, 5) is 0.181. The van der Waals surface area contributed by atoms with Gasteiger partial charge in [-0.1, -0.05) is 28.1 Å². The molecule has 104 valence electrons. The lowest BCUT2D eigenvalue weighted by Crippen LogP contribution is -2.12. The first kappa shape index (κ1) is 14.9. The van der Waals surface area contributed by atoms with Crippen molar-refractivity contribution < 1.29 is 13.5 Å². The zero-order chi connectivity index (χ0) is 14.7. The Kier molecular flexibility index (Phi) is 4.67. The van der Waals surface area contributed by atoms with Gasteiger partial charge in [0.25, 0.3) is 0 Å². The number of hydrogen-bond acceptors (Lipinski definition) is 2. The van der Waals surface area contributed by atoms with Gasteiger partial charge in [0.2, 0.25) is 0 Å². The monoisotopic (exact) mass is 357 g/mol. The highest BCUT2D eigenvalue weighted by atomic mass is 79.9. The highest BCUT2D eigenvalue weighted by molar-refractivity contribution is 9.10. The van der Waals surface area contributed by atoms with Crippen molar-refractivity contribution >= 4 is 33.1 Å². The minimum atomic E-state index is -0.654. The maximum Gasteiger partial charge on any atom is 0.132 e. The number of halogens is 3. The third-order valence-electron chi connectivity index (χ3n) is 2.61. The summed E-state index contributed by atoms with van der Waals surface area (Å²) in [5, 5.41) is 0. The molecule has 2 aromatic rings. The Morgan fingerprint density at radius 3 is 2.60 bits per heavy atom. The molecule has 2 N–H and O–H groups in total. The Bertz CT molecular complexity index is 664. The van der Waals surface area contributed by atoms with Crippen LogP contribution in [0.25, 0.3) is 0 Å². The molecular formula is C14H10BrF2NOS. The molecule has 0 aliphatic rings. The molecule has 2 rings (SSSR count). The number of benzene rings is 2. The normalized spacial score (nSPS) is 10.3. The molecule has 0 amide bonds. The molecule has 0 aromatic heterocycles. The zero-order valence-electron chi connectivity index (χ0n) is 10.2. The molecule has 0 aliphatic carbocycles. The molecule has 0 aliphatic heterocycles. The number of thiocarbonyl (C=S) groups is 1. The fourth-order valence-electron chi connectivity index (χ4n) is 1.61. The molecule has 0 radical (unpaired) electrons. The molecule has 0 heterocycles. The van der Waals surface area contributed by atoms with E-state index in [4.69, 9.17) is 22.7 Å². The highest BCUT2D eigenvalue weighted by Crippen LogP contribution is 2.24. The van der Waals surface area contributed by atoms with Gasteiger partial charge >= 0.3 is 0 Å². The predicted molar refractivity (Wildman–Crippen MR) is 80.7 cm³/mol. The molecule has 0 bridgehead atoms. The summed E-state index contributed by atoms with van der Waals surface area (Å²) in [7, 11) is 0. The third-order valence-corrected chi connectivity index (χ3v) is 3.32. The summed E-state index contributed by atoms with van der Waals surface area (Å²) in [5.74, 6) is -0.831. The van der Waals surface area contributed by atoms with Gasteiger partial charge in [-0.25, -0.2) is 8.78 Å². The maximum absolute atomic E-state index is 13.5.